The molecule has 7 nitrogen and oxygen atoms in total. The van der Waals surface area contributed by atoms with Gasteiger partial charge in [-0.25, -0.2) is 4.98 Å². The molecule has 0 radical (unpaired) electrons. The molecular weight excluding hydrogens is 418 g/mol. The highest BCUT2D eigenvalue weighted by Gasteiger charge is 2.17. The fraction of sp³-hybridized carbons (Fsp3) is 0.111. The van der Waals surface area contributed by atoms with Gasteiger partial charge in [-0.2, -0.15) is 0 Å². The number of furan rings is 1. The number of anilines is 1. The van der Waals surface area contributed by atoms with Crippen LogP contribution in [-0.2, 0) is 11.3 Å². The van der Waals surface area contributed by atoms with E-state index < -0.39 is 0 Å². The second-order valence-electron chi connectivity index (χ2n) is 5.65. The zero-order chi connectivity index (χ0) is 19.3. The minimum atomic E-state index is -0.152. The lowest BCUT2D eigenvalue weighted by Crippen LogP contribution is -2.14. The van der Waals surface area contributed by atoms with Gasteiger partial charge in [-0.05, 0) is 36.4 Å². The molecule has 0 unspecified atom stereocenters. The fourth-order valence-electron chi connectivity index (χ4n) is 2.48. The van der Waals surface area contributed by atoms with E-state index in [1.54, 1.807) is 30.0 Å². The Morgan fingerprint density at radius 2 is 2.11 bits per heavy atom. The van der Waals surface area contributed by atoms with Crippen LogP contribution in [0.25, 0.3) is 11.4 Å². The third-order valence-electron chi connectivity index (χ3n) is 3.72. The van der Waals surface area contributed by atoms with E-state index in [1.165, 1.54) is 23.1 Å². The van der Waals surface area contributed by atoms with E-state index in [0.29, 0.717) is 27.7 Å². The first-order valence-electron chi connectivity index (χ1n) is 8.23. The molecule has 0 saturated heterocycles. The third kappa shape index (κ3) is 4.44. The van der Waals surface area contributed by atoms with Crippen LogP contribution in [0.2, 0.25) is 5.02 Å². The molecule has 0 atom stereocenters. The maximum absolute atomic E-state index is 12.2. The molecule has 4 rings (SSSR count). The van der Waals surface area contributed by atoms with Gasteiger partial charge in [0, 0.05) is 22.2 Å². The lowest BCUT2D eigenvalue weighted by molar-refractivity contribution is -0.113. The van der Waals surface area contributed by atoms with Gasteiger partial charge in [-0.3, -0.25) is 9.36 Å². The maximum atomic E-state index is 12.2. The summed E-state index contributed by atoms with van der Waals surface area (Å²) in [5.41, 5.74) is 0.877. The molecule has 142 valence electrons. The fourth-order valence-corrected chi connectivity index (χ4v) is 3.89. The van der Waals surface area contributed by atoms with E-state index in [2.05, 4.69) is 20.5 Å². The summed E-state index contributed by atoms with van der Waals surface area (Å²) in [6, 6.07) is 11.1. The molecule has 0 spiro atoms. The Morgan fingerprint density at radius 3 is 2.82 bits per heavy atom. The standard InChI is InChI=1S/C18H14ClN5O2S2/c19-13-5-3-12(4-6-13)16-22-23-18(24(16)10-14-2-1-8-26-14)28-11-15(25)21-17-20-7-9-27-17/h1-9H,10-11H2,(H,20,21,25). The Kier molecular flexibility index (Phi) is 5.75. The number of benzene rings is 1. The lowest BCUT2D eigenvalue weighted by atomic mass is 10.2. The van der Waals surface area contributed by atoms with Crippen molar-refractivity contribution < 1.29 is 9.21 Å². The first-order valence-corrected chi connectivity index (χ1v) is 10.5. The minimum absolute atomic E-state index is 0.152. The van der Waals surface area contributed by atoms with Crippen LogP contribution in [0.3, 0.4) is 0 Å². The Bertz CT molecular complexity index is 1050. The number of aromatic nitrogens is 4. The van der Waals surface area contributed by atoms with Crippen LogP contribution in [0.4, 0.5) is 5.13 Å². The maximum Gasteiger partial charge on any atom is 0.236 e. The summed E-state index contributed by atoms with van der Waals surface area (Å²) in [7, 11) is 0. The van der Waals surface area contributed by atoms with E-state index in [-0.39, 0.29) is 11.7 Å². The Labute approximate surface area is 173 Å². The average molecular weight is 432 g/mol. The van der Waals surface area contributed by atoms with Gasteiger partial charge in [0.25, 0.3) is 0 Å². The molecule has 4 aromatic rings. The molecule has 1 aromatic carbocycles. The summed E-state index contributed by atoms with van der Waals surface area (Å²) in [6.45, 7) is 0.453. The number of hydrogen-bond donors (Lipinski definition) is 1. The first-order chi connectivity index (χ1) is 13.7. The molecule has 0 fully saturated rings. The Balaban J connectivity index is 1.55. The summed E-state index contributed by atoms with van der Waals surface area (Å²) < 4.78 is 7.39. The molecule has 3 heterocycles. The van der Waals surface area contributed by atoms with Crippen LogP contribution >= 0.6 is 34.7 Å². The zero-order valence-electron chi connectivity index (χ0n) is 14.4. The highest BCUT2D eigenvalue weighted by molar-refractivity contribution is 7.99. The monoisotopic (exact) mass is 431 g/mol. The van der Waals surface area contributed by atoms with Gasteiger partial charge in [0.05, 0.1) is 18.6 Å². The summed E-state index contributed by atoms with van der Waals surface area (Å²) >= 11 is 8.67. The van der Waals surface area contributed by atoms with Crippen LogP contribution in [0.1, 0.15) is 5.76 Å². The number of carbonyl (C=O) groups is 1. The second-order valence-corrected chi connectivity index (χ2v) is 7.93. The van der Waals surface area contributed by atoms with Crippen LogP contribution in [0, 0.1) is 0 Å². The van der Waals surface area contributed by atoms with E-state index in [4.69, 9.17) is 16.0 Å². The Hall–Kier alpha value is -2.62. The van der Waals surface area contributed by atoms with Crippen molar-refractivity contribution >= 4 is 45.7 Å². The highest BCUT2D eigenvalue weighted by atomic mass is 35.5. The number of carbonyl (C=O) groups excluding carboxylic acids is 1. The number of amides is 1. The molecule has 0 saturated carbocycles. The van der Waals surface area contributed by atoms with Crippen LogP contribution in [0.15, 0.2) is 63.8 Å². The van der Waals surface area contributed by atoms with Crippen molar-refractivity contribution in [3.05, 3.63) is 65.0 Å². The summed E-state index contributed by atoms with van der Waals surface area (Å²) in [5, 5.41) is 15.0. The van der Waals surface area contributed by atoms with Crippen molar-refractivity contribution in [1.29, 1.82) is 0 Å². The minimum Gasteiger partial charge on any atom is -0.467 e. The molecule has 3 aromatic heterocycles. The molecule has 28 heavy (non-hydrogen) atoms. The molecular formula is C18H14ClN5O2S2. The quantitative estimate of drug-likeness (QED) is 0.436. The second kappa shape index (κ2) is 8.59. The van der Waals surface area contributed by atoms with Gasteiger partial charge in [0.1, 0.15) is 5.76 Å². The predicted molar refractivity (Wildman–Crippen MR) is 110 cm³/mol. The van der Waals surface area contributed by atoms with Crippen LogP contribution in [-0.4, -0.2) is 31.4 Å². The number of thioether (sulfide) groups is 1. The molecule has 1 amide bonds. The smallest absolute Gasteiger partial charge is 0.236 e. The number of rotatable bonds is 7. The Morgan fingerprint density at radius 1 is 1.25 bits per heavy atom. The van der Waals surface area contributed by atoms with E-state index in [0.717, 1.165) is 11.3 Å². The van der Waals surface area contributed by atoms with E-state index >= 15 is 0 Å². The van der Waals surface area contributed by atoms with Gasteiger partial charge < -0.3 is 9.73 Å². The number of thiazole rings is 1. The molecule has 0 aliphatic heterocycles. The third-order valence-corrected chi connectivity index (χ3v) is 5.63. The summed E-state index contributed by atoms with van der Waals surface area (Å²) in [4.78, 5) is 16.2. The molecule has 10 heteroatoms. The van der Waals surface area contributed by atoms with Gasteiger partial charge in [-0.1, -0.05) is 23.4 Å². The van der Waals surface area contributed by atoms with Gasteiger partial charge in [0.15, 0.2) is 16.1 Å². The normalized spacial score (nSPS) is 10.9. The SMILES string of the molecule is O=C(CSc1nnc(-c2ccc(Cl)cc2)n1Cc1ccco1)Nc1nccs1. The molecule has 0 aliphatic rings. The van der Waals surface area contributed by atoms with E-state index in [9.17, 15) is 4.79 Å². The largest absolute Gasteiger partial charge is 0.467 e. The lowest BCUT2D eigenvalue weighted by Gasteiger charge is -2.09. The van der Waals surface area contributed by atoms with Crippen LogP contribution in [0.5, 0.6) is 0 Å². The summed E-state index contributed by atoms with van der Waals surface area (Å²) in [5.74, 6) is 1.48. The first kappa shape index (κ1) is 18.7. The average Bonchev–Trinajstić information content (AvgIpc) is 3.44. The number of hydrogen-bond acceptors (Lipinski definition) is 7. The number of nitrogens with zero attached hydrogens (tertiary/aromatic N) is 4. The number of halogens is 1. The van der Waals surface area contributed by atoms with Crippen molar-refractivity contribution in [2.24, 2.45) is 0 Å². The van der Waals surface area contributed by atoms with Gasteiger partial charge >= 0.3 is 0 Å². The molecule has 1 N–H and O–H groups in total. The van der Waals surface area contributed by atoms with Crippen LogP contribution < -0.4 is 5.32 Å². The van der Waals surface area contributed by atoms with Crippen molar-refractivity contribution in [1.82, 2.24) is 19.7 Å². The predicted octanol–water partition coefficient (Wildman–Crippen LogP) is 4.43. The van der Waals surface area contributed by atoms with Crippen molar-refractivity contribution in [3.63, 3.8) is 0 Å². The zero-order valence-corrected chi connectivity index (χ0v) is 16.8. The molecule has 0 bridgehead atoms. The van der Waals surface area contributed by atoms with Gasteiger partial charge in [0.2, 0.25) is 5.91 Å². The topological polar surface area (TPSA) is 85.8 Å². The van der Waals surface area contributed by atoms with Crippen molar-refractivity contribution in [2.45, 2.75) is 11.7 Å². The summed E-state index contributed by atoms with van der Waals surface area (Å²) in [6.07, 6.45) is 3.27. The van der Waals surface area contributed by atoms with Crippen molar-refractivity contribution in [3.8, 4) is 11.4 Å². The van der Waals surface area contributed by atoms with E-state index in [1.807, 2.05) is 28.8 Å². The molecule has 0 aliphatic carbocycles. The van der Waals surface area contributed by atoms with Crippen molar-refractivity contribution in [2.75, 3.05) is 11.1 Å². The van der Waals surface area contributed by atoms with Gasteiger partial charge in [-0.15, -0.1) is 21.5 Å². The highest BCUT2D eigenvalue weighted by Crippen LogP contribution is 2.26. The number of nitrogens with one attached hydrogen (secondary N) is 1.